The molecular weight excluding hydrogens is 297 g/mol. The predicted molar refractivity (Wildman–Crippen MR) is 72.5 cm³/mol. The van der Waals surface area contributed by atoms with E-state index in [1.807, 2.05) is 24.3 Å². The molecule has 0 atom stereocenters. The highest BCUT2D eigenvalue weighted by atomic mass is 79.9. The van der Waals surface area contributed by atoms with Crippen molar-refractivity contribution in [1.82, 2.24) is 4.98 Å². The highest BCUT2D eigenvalue weighted by Crippen LogP contribution is 2.18. The Hall–Kier alpha value is -1.42. The van der Waals surface area contributed by atoms with E-state index in [4.69, 9.17) is 4.74 Å². The summed E-state index contributed by atoms with van der Waals surface area (Å²) in [6.45, 7) is 0.488. The predicted octanol–water partition coefficient (Wildman–Crippen LogP) is 3.74. The summed E-state index contributed by atoms with van der Waals surface area (Å²) in [5.41, 5.74) is 1.83. The monoisotopic (exact) mass is 309 g/mol. The van der Waals surface area contributed by atoms with Crippen molar-refractivity contribution in [2.24, 2.45) is 0 Å². The van der Waals surface area contributed by atoms with Crippen LogP contribution >= 0.6 is 15.9 Å². The number of pyridine rings is 1. The topological polar surface area (TPSA) is 22.1 Å². The van der Waals surface area contributed by atoms with Gasteiger partial charge in [0, 0.05) is 29.7 Å². The van der Waals surface area contributed by atoms with E-state index in [2.05, 4.69) is 20.9 Å². The number of benzene rings is 1. The molecule has 0 radical (unpaired) electrons. The molecule has 18 heavy (non-hydrogen) atoms. The molecule has 0 N–H and O–H groups in total. The summed E-state index contributed by atoms with van der Waals surface area (Å²) in [6.07, 6.45) is 2.46. The molecule has 0 fully saturated rings. The van der Waals surface area contributed by atoms with Crippen molar-refractivity contribution < 1.29 is 9.13 Å². The van der Waals surface area contributed by atoms with Gasteiger partial charge in [-0.3, -0.25) is 4.98 Å². The first-order chi connectivity index (χ1) is 8.78. The molecule has 0 amide bonds. The van der Waals surface area contributed by atoms with Gasteiger partial charge in [0.25, 0.3) is 0 Å². The zero-order valence-corrected chi connectivity index (χ0v) is 11.4. The van der Waals surface area contributed by atoms with Crippen LogP contribution in [0, 0.1) is 5.82 Å². The van der Waals surface area contributed by atoms with Crippen molar-refractivity contribution in [3.05, 3.63) is 59.7 Å². The minimum Gasteiger partial charge on any atom is -0.493 e. The van der Waals surface area contributed by atoms with Crippen LogP contribution in [0.3, 0.4) is 0 Å². The van der Waals surface area contributed by atoms with E-state index < -0.39 is 0 Å². The molecule has 1 aromatic heterocycles. The van der Waals surface area contributed by atoms with Gasteiger partial charge in [0.1, 0.15) is 11.6 Å². The Kier molecular flexibility index (Phi) is 4.70. The van der Waals surface area contributed by atoms with Crippen LogP contribution in [0.15, 0.2) is 42.6 Å². The average molecular weight is 310 g/mol. The van der Waals surface area contributed by atoms with Crippen LogP contribution in [0.1, 0.15) is 11.3 Å². The SMILES string of the molecule is Fc1cc(CBr)cc(OCCc2ccccn2)c1. The second-order valence-electron chi connectivity index (χ2n) is 3.85. The molecule has 0 saturated carbocycles. The third kappa shape index (κ3) is 3.81. The van der Waals surface area contributed by atoms with Crippen molar-refractivity contribution in [3.63, 3.8) is 0 Å². The Labute approximate surface area is 114 Å². The van der Waals surface area contributed by atoms with Gasteiger partial charge in [-0.2, -0.15) is 0 Å². The largest absolute Gasteiger partial charge is 0.493 e. The average Bonchev–Trinajstić information content (AvgIpc) is 2.39. The van der Waals surface area contributed by atoms with Gasteiger partial charge >= 0.3 is 0 Å². The summed E-state index contributed by atoms with van der Waals surface area (Å²) in [5, 5.41) is 0.612. The summed E-state index contributed by atoms with van der Waals surface area (Å²) in [6, 6.07) is 10.5. The quantitative estimate of drug-likeness (QED) is 0.785. The Balaban J connectivity index is 1.92. The maximum Gasteiger partial charge on any atom is 0.127 e. The van der Waals surface area contributed by atoms with Gasteiger partial charge in [0.2, 0.25) is 0 Å². The Morgan fingerprint density at radius 1 is 1.22 bits per heavy atom. The molecule has 0 bridgehead atoms. The Bertz CT molecular complexity index is 504. The zero-order valence-electron chi connectivity index (χ0n) is 9.77. The molecule has 0 saturated heterocycles. The molecule has 4 heteroatoms. The van der Waals surface area contributed by atoms with E-state index in [1.165, 1.54) is 12.1 Å². The molecule has 2 rings (SSSR count). The van der Waals surface area contributed by atoms with E-state index in [9.17, 15) is 4.39 Å². The van der Waals surface area contributed by atoms with Crippen molar-refractivity contribution in [2.75, 3.05) is 6.61 Å². The van der Waals surface area contributed by atoms with E-state index in [0.717, 1.165) is 11.3 Å². The molecule has 0 unspecified atom stereocenters. The summed E-state index contributed by atoms with van der Waals surface area (Å²) >= 11 is 3.30. The molecule has 1 heterocycles. The van der Waals surface area contributed by atoms with Gasteiger partial charge in [0.15, 0.2) is 0 Å². The maximum absolute atomic E-state index is 13.3. The number of hydrogen-bond donors (Lipinski definition) is 0. The second-order valence-corrected chi connectivity index (χ2v) is 4.41. The lowest BCUT2D eigenvalue weighted by Crippen LogP contribution is -2.03. The third-order valence-electron chi connectivity index (χ3n) is 2.44. The van der Waals surface area contributed by atoms with Crippen LogP contribution in [-0.2, 0) is 11.8 Å². The number of halogens is 2. The van der Waals surface area contributed by atoms with E-state index in [1.54, 1.807) is 6.20 Å². The molecule has 2 nitrogen and oxygen atoms in total. The lowest BCUT2D eigenvalue weighted by atomic mass is 10.2. The summed E-state index contributed by atoms with van der Waals surface area (Å²) in [4.78, 5) is 4.20. The smallest absolute Gasteiger partial charge is 0.127 e. The Morgan fingerprint density at radius 2 is 2.11 bits per heavy atom. The first-order valence-electron chi connectivity index (χ1n) is 5.66. The van der Waals surface area contributed by atoms with Crippen molar-refractivity contribution >= 4 is 15.9 Å². The van der Waals surface area contributed by atoms with Crippen LogP contribution in [0.2, 0.25) is 0 Å². The first-order valence-corrected chi connectivity index (χ1v) is 6.78. The molecular formula is C14H13BrFNO. The number of ether oxygens (including phenoxy) is 1. The second kappa shape index (κ2) is 6.50. The molecule has 0 aliphatic heterocycles. The summed E-state index contributed by atoms with van der Waals surface area (Å²) in [5.74, 6) is 0.278. The van der Waals surface area contributed by atoms with Gasteiger partial charge in [0.05, 0.1) is 6.61 Å². The van der Waals surface area contributed by atoms with E-state index in [0.29, 0.717) is 24.1 Å². The third-order valence-corrected chi connectivity index (χ3v) is 3.09. The number of nitrogens with zero attached hydrogens (tertiary/aromatic N) is 1. The lowest BCUT2D eigenvalue weighted by molar-refractivity contribution is 0.318. The highest BCUT2D eigenvalue weighted by molar-refractivity contribution is 9.08. The molecule has 94 valence electrons. The van der Waals surface area contributed by atoms with Gasteiger partial charge < -0.3 is 4.74 Å². The van der Waals surface area contributed by atoms with Crippen molar-refractivity contribution in [2.45, 2.75) is 11.8 Å². The summed E-state index contributed by atoms with van der Waals surface area (Å²) in [7, 11) is 0. The Morgan fingerprint density at radius 3 is 2.83 bits per heavy atom. The molecule has 0 aliphatic carbocycles. The minimum atomic E-state index is -0.278. The fourth-order valence-corrected chi connectivity index (χ4v) is 1.92. The van der Waals surface area contributed by atoms with Crippen LogP contribution in [-0.4, -0.2) is 11.6 Å². The molecule has 2 aromatic rings. The summed E-state index contributed by atoms with van der Waals surface area (Å²) < 4.78 is 18.8. The minimum absolute atomic E-state index is 0.278. The fourth-order valence-electron chi connectivity index (χ4n) is 1.60. The normalized spacial score (nSPS) is 10.3. The highest BCUT2D eigenvalue weighted by Gasteiger charge is 2.01. The van der Waals surface area contributed by atoms with Gasteiger partial charge in [-0.15, -0.1) is 0 Å². The lowest BCUT2D eigenvalue weighted by Gasteiger charge is -2.07. The van der Waals surface area contributed by atoms with E-state index in [-0.39, 0.29) is 5.82 Å². The molecule has 0 spiro atoms. The number of rotatable bonds is 5. The van der Waals surface area contributed by atoms with Crippen molar-refractivity contribution in [1.29, 1.82) is 0 Å². The molecule has 0 aliphatic rings. The van der Waals surface area contributed by atoms with Crippen LogP contribution in [0.4, 0.5) is 4.39 Å². The van der Waals surface area contributed by atoms with Gasteiger partial charge in [-0.25, -0.2) is 4.39 Å². The van der Waals surface area contributed by atoms with Crippen LogP contribution < -0.4 is 4.74 Å². The maximum atomic E-state index is 13.3. The zero-order chi connectivity index (χ0) is 12.8. The fraction of sp³-hybridized carbons (Fsp3) is 0.214. The van der Waals surface area contributed by atoms with Crippen LogP contribution in [0.25, 0.3) is 0 Å². The number of alkyl halides is 1. The van der Waals surface area contributed by atoms with Crippen LogP contribution in [0.5, 0.6) is 5.75 Å². The van der Waals surface area contributed by atoms with Gasteiger partial charge in [-0.1, -0.05) is 22.0 Å². The first kappa shape index (κ1) is 13.0. The standard InChI is InChI=1S/C14H13BrFNO/c15-10-11-7-12(16)9-14(8-11)18-6-4-13-3-1-2-5-17-13/h1-3,5,7-9H,4,6,10H2. The van der Waals surface area contributed by atoms with Gasteiger partial charge in [-0.05, 0) is 29.8 Å². The van der Waals surface area contributed by atoms with E-state index >= 15 is 0 Å². The number of aromatic nitrogens is 1. The molecule has 1 aromatic carbocycles. The van der Waals surface area contributed by atoms with Crippen molar-refractivity contribution in [3.8, 4) is 5.75 Å². The number of hydrogen-bond acceptors (Lipinski definition) is 2.